The molecule has 2 nitrogen and oxygen atoms in total. The van der Waals surface area contributed by atoms with Crippen LogP contribution in [0.5, 0.6) is 0 Å². The Labute approximate surface area is 99.9 Å². The highest BCUT2D eigenvalue weighted by atomic mass is 16.5. The van der Waals surface area contributed by atoms with Crippen molar-refractivity contribution < 1.29 is 4.74 Å². The number of rotatable bonds is 6. The van der Waals surface area contributed by atoms with E-state index in [0.29, 0.717) is 0 Å². The maximum Gasteiger partial charge on any atom is 0.0723 e. The van der Waals surface area contributed by atoms with E-state index in [4.69, 9.17) is 10.5 Å². The van der Waals surface area contributed by atoms with Crippen molar-refractivity contribution in [2.24, 2.45) is 23.5 Å². The molecule has 0 aromatic rings. The Balaban J connectivity index is 1.79. The zero-order valence-electron chi connectivity index (χ0n) is 10.8. The second-order valence-corrected chi connectivity index (χ2v) is 5.74. The van der Waals surface area contributed by atoms with Crippen molar-refractivity contribution in [3.05, 3.63) is 0 Å². The first-order valence-electron chi connectivity index (χ1n) is 7.11. The third-order valence-corrected chi connectivity index (χ3v) is 4.72. The molecule has 16 heavy (non-hydrogen) atoms. The molecule has 5 unspecified atom stereocenters. The lowest BCUT2D eigenvalue weighted by molar-refractivity contribution is 0.0332. The van der Waals surface area contributed by atoms with Gasteiger partial charge in [0.25, 0.3) is 0 Å². The molecule has 0 aromatic carbocycles. The van der Waals surface area contributed by atoms with Crippen molar-refractivity contribution in [1.82, 2.24) is 0 Å². The van der Waals surface area contributed by atoms with Gasteiger partial charge in [-0.2, -0.15) is 0 Å². The van der Waals surface area contributed by atoms with Crippen LogP contribution in [-0.2, 0) is 4.74 Å². The van der Waals surface area contributed by atoms with Gasteiger partial charge in [0.1, 0.15) is 0 Å². The van der Waals surface area contributed by atoms with Crippen LogP contribution in [-0.4, -0.2) is 18.8 Å². The lowest BCUT2D eigenvalue weighted by Gasteiger charge is -2.29. The molecule has 5 atom stereocenters. The zero-order valence-corrected chi connectivity index (χ0v) is 10.8. The number of fused-ring (bicyclic) bond motifs is 2. The standard InChI is InChI=1S/C14H27NO/c1-3-14(16-4-2)13(15)9-12-8-10-5-6-11(12)7-10/h10-14H,3-9,15H2,1-2H3. The second-order valence-electron chi connectivity index (χ2n) is 5.74. The van der Waals surface area contributed by atoms with Crippen LogP contribution >= 0.6 is 0 Å². The topological polar surface area (TPSA) is 35.2 Å². The van der Waals surface area contributed by atoms with E-state index in [0.717, 1.165) is 30.8 Å². The highest BCUT2D eigenvalue weighted by Crippen LogP contribution is 2.49. The molecule has 2 heteroatoms. The van der Waals surface area contributed by atoms with Crippen molar-refractivity contribution in [2.45, 2.75) is 64.5 Å². The zero-order chi connectivity index (χ0) is 11.5. The molecule has 2 aliphatic carbocycles. The van der Waals surface area contributed by atoms with Crippen molar-refractivity contribution >= 4 is 0 Å². The highest BCUT2D eigenvalue weighted by Gasteiger charge is 2.40. The maximum absolute atomic E-state index is 6.30. The molecular formula is C14H27NO. The number of nitrogens with two attached hydrogens (primary N) is 1. The molecule has 2 rings (SSSR count). The molecule has 0 spiro atoms. The molecule has 2 fully saturated rings. The summed E-state index contributed by atoms with van der Waals surface area (Å²) < 4.78 is 5.72. The minimum atomic E-state index is 0.259. The summed E-state index contributed by atoms with van der Waals surface area (Å²) in [4.78, 5) is 0. The summed E-state index contributed by atoms with van der Waals surface area (Å²) >= 11 is 0. The smallest absolute Gasteiger partial charge is 0.0723 e. The van der Waals surface area contributed by atoms with E-state index >= 15 is 0 Å². The fourth-order valence-corrected chi connectivity index (χ4v) is 3.92. The number of hydrogen-bond donors (Lipinski definition) is 1. The predicted octanol–water partition coefficient (Wildman–Crippen LogP) is 2.96. The predicted molar refractivity (Wildman–Crippen MR) is 67.2 cm³/mol. The lowest BCUT2D eigenvalue weighted by Crippen LogP contribution is -2.38. The van der Waals surface area contributed by atoms with Crippen LogP contribution in [0.2, 0.25) is 0 Å². The molecule has 94 valence electrons. The van der Waals surface area contributed by atoms with E-state index in [1.54, 1.807) is 0 Å². The summed E-state index contributed by atoms with van der Waals surface area (Å²) in [6.45, 7) is 5.04. The van der Waals surface area contributed by atoms with Gasteiger partial charge in [-0.3, -0.25) is 0 Å². The van der Waals surface area contributed by atoms with E-state index in [1.807, 2.05) is 0 Å². The van der Waals surface area contributed by atoms with Gasteiger partial charge >= 0.3 is 0 Å². The van der Waals surface area contributed by atoms with Gasteiger partial charge in [0.15, 0.2) is 0 Å². The molecule has 2 bridgehead atoms. The molecule has 2 saturated carbocycles. The average molecular weight is 225 g/mol. The Kier molecular flexibility index (Phi) is 4.26. The SMILES string of the molecule is CCOC(CC)C(N)CC1CC2CCC1C2. The summed E-state index contributed by atoms with van der Waals surface area (Å²) in [5, 5.41) is 0. The summed E-state index contributed by atoms with van der Waals surface area (Å²) in [7, 11) is 0. The third-order valence-electron chi connectivity index (χ3n) is 4.72. The average Bonchev–Trinajstić information content (AvgIpc) is 2.87. The van der Waals surface area contributed by atoms with Crippen LogP contribution in [0.25, 0.3) is 0 Å². The van der Waals surface area contributed by atoms with E-state index in [2.05, 4.69) is 13.8 Å². The first kappa shape index (κ1) is 12.4. The molecule has 2 N–H and O–H groups in total. The summed E-state index contributed by atoms with van der Waals surface area (Å²) in [5.74, 6) is 2.94. The molecule has 0 radical (unpaired) electrons. The Morgan fingerprint density at radius 1 is 1.25 bits per heavy atom. The van der Waals surface area contributed by atoms with Gasteiger partial charge in [0.2, 0.25) is 0 Å². The van der Waals surface area contributed by atoms with Crippen LogP contribution < -0.4 is 5.73 Å². The van der Waals surface area contributed by atoms with E-state index in [-0.39, 0.29) is 12.1 Å². The maximum atomic E-state index is 6.30. The summed E-state index contributed by atoms with van der Waals surface area (Å²) in [6.07, 6.45) is 8.41. The molecule has 0 heterocycles. The normalized spacial score (nSPS) is 36.6. The van der Waals surface area contributed by atoms with Crippen LogP contribution in [0.3, 0.4) is 0 Å². The van der Waals surface area contributed by atoms with Crippen LogP contribution in [0.15, 0.2) is 0 Å². The van der Waals surface area contributed by atoms with Gasteiger partial charge in [0, 0.05) is 12.6 Å². The van der Waals surface area contributed by atoms with E-state index in [9.17, 15) is 0 Å². The second kappa shape index (κ2) is 5.50. The van der Waals surface area contributed by atoms with E-state index in [1.165, 1.54) is 32.1 Å². The van der Waals surface area contributed by atoms with Gasteiger partial charge in [-0.15, -0.1) is 0 Å². The van der Waals surface area contributed by atoms with Gasteiger partial charge in [-0.1, -0.05) is 13.3 Å². The molecule has 2 aliphatic rings. The van der Waals surface area contributed by atoms with Crippen LogP contribution in [0.4, 0.5) is 0 Å². The molecule has 0 saturated heterocycles. The van der Waals surface area contributed by atoms with Crippen molar-refractivity contribution in [3.8, 4) is 0 Å². The fourth-order valence-electron chi connectivity index (χ4n) is 3.92. The molecule has 0 aliphatic heterocycles. The minimum Gasteiger partial charge on any atom is -0.377 e. The summed E-state index contributed by atoms with van der Waals surface area (Å²) in [6, 6.07) is 0.259. The lowest BCUT2D eigenvalue weighted by atomic mass is 9.83. The Hall–Kier alpha value is -0.0800. The minimum absolute atomic E-state index is 0.259. The Morgan fingerprint density at radius 2 is 2.06 bits per heavy atom. The van der Waals surface area contributed by atoms with Gasteiger partial charge in [-0.25, -0.2) is 0 Å². The molecule has 0 amide bonds. The van der Waals surface area contributed by atoms with Crippen molar-refractivity contribution in [1.29, 1.82) is 0 Å². The number of ether oxygens (including phenoxy) is 1. The third kappa shape index (κ3) is 2.60. The van der Waals surface area contributed by atoms with Crippen molar-refractivity contribution in [3.63, 3.8) is 0 Å². The van der Waals surface area contributed by atoms with Gasteiger partial charge in [0.05, 0.1) is 6.10 Å². The number of hydrogen-bond acceptors (Lipinski definition) is 2. The Morgan fingerprint density at radius 3 is 2.56 bits per heavy atom. The first-order chi connectivity index (χ1) is 7.74. The molecular weight excluding hydrogens is 198 g/mol. The fraction of sp³-hybridized carbons (Fsp3) is 1.00. The van der Waals surface area contributed by atoms with Crippen LogP contribution in [0, 0.1) is 17.8 Å². The highest BCUT2D eigenvalue weighted by molar-refractivity contribution is 4.92. The van der Waals surface area contributed by atoms with E-state index < -0.39 is 0 Å². The largest absolute Gasteiger partial charge is 0.377 e. The summed E-state index contributed by atoms with van der Waals surface area (Å²) in [5.41, 5.74) is 6.30. The molecule has 0 aromatic heterocycles. The quantitative estimate of drug-likeness (QED) is 0.754. The van der Waals surface area contributed by atoms with Crippen LogP contribution in [0.1, 0.15) is 52.4 Å². The van der Waals surface area contributed by atoms with Crippen molar-refractivity contribution in [2.75, 3.05) is 6.61 Å². The van der Waals surface area contributed by atoms with Gasteiger partial charge in [-0.05, 0) is 56.8 Å². The Bertz CT molecular complexity index is 219. The monoisotopic (exact) mass is 225 g/mol. The van der Waals surface area contributed by atoms with Gasteiger partial charge < -0.3 is 10.5 Å². The first-order valence-corrected chi connectivity index (χ1v) is 7.11.